The molecule has 2 N–H and O–H groups in total. The van der Waals surface area contributed by atoms with E-state index in [1.54, 1.807) is 0 Å². The lowest BCUT2D eigenvalue weighted by molar-refractivity contribution is -0.158. The van der Waals surface area contributed by atoms with Crippen molar-refractivity contribution in [2.45, 2.75) is 12.5 Å². The highest BCUT2D eigenvalue weighted by Crippen LogP contribution is 2.32. The van der Waals surface area contributed by atoms with E-state index in [1.807, 2.05) is 0 Å². The molecular weight excluding hydrogens is 204 g/mol. The molecule has 0 aromatic carbocycles. The quantitative estimate of drug-likeness (QED) is 0.440. The third kappa shape index (κ3) is 2.17. The molecule has 0 amide bonds. The predicted molar refractivity (Wildman–Crippen MR) is 48.0 cm³/mol. The van der Waals surface area contributed by atoms with Crippen molar-refractivity contribution in [3.05, 3.63) is 0 Å². The van der Waals surface area contributed by atoms with E-state index in [9.17, 15) is 14.7 Å². The van der Waals surface area contributed by atoms with E-state index in [0.717, 1.165) is 0 Å². The molecule has 0 aromatic rings. The fraction of sp³-hybridized carbons (Fsp3) is 0.778. The molecule has 0 radical (unpaired) electrons. The van der Waals surface area contributed by atoms with Crippen molar-refractivity contribution in [1.29, 1.82) is 0 Å². The third-order valence-corrected chi connectivity index (χ3v) is 2.49. The molecule has 1 heterocycles. The van der Waals surface area contributed by atoms with Crippen molar-refractivity contribution in [1.82, 2.24) is 0 Å². The molecule has 6 heteroatoms. The van der Waals surface area contributed by atoms with Gasteiger partial charge in [0.05, 0.1) is 26.4 Å². The zero-order valence-electron chi connectivity index (χ0n) is 8.43. The average molecular weight is 218 g/mol. The van der Waals surface area contributed by atoms with Gasteiger partial charge >= 0.3 is 5.97 Å². The van der Waals surface area contributed by atoms with Gasteiger partial charge in [-0.25, -0.2) is 0 Å². The van der Waals surface area contributed by atoms with Gasteiger partial charge < -0.3 is 19.7 Å². The summed E-state index contributed by atoms with van der Waals surface area (Å²) in [5.74, 6) is -1.14. The van der Waals surface area contributed by atoms with Gasteiger partial charge in [-0.1, -0.05) is 0 Å². The van der Waals surface area contributed by atoms with Crippen LogP contribution in [-0.2, 0) is 19.1 Å². The summed E-state index contributed by atoms with van der Waals surface area (Å²) < 4.78 is 9.42. The molecule has 0 aromatic heterocycles. The fourth-order valence-corrected chi connectivity index (χ4v) is 1.63. The summed E-state index contributed by atoms with van der Waals surface area (Å²) in [4.78, 5) is 23.0. The summed E-state index contributed by atoms with van der Waals surface area (Å²) in [6.45, 7) is -0.769. The number of carbonyl (C=O) groups excluding carboxylic acids is 2. The van der Waals surface area contributed by atoms with Gasteiger partial charge in [-0.05, 0) is 0 Å². The van der Waals surface area contributed by atoms with E-state index in [2.05, 4.69) is 4.74 Å². The SMILES string of the molecule is COC(=O)C1(CC(O)CO)COCC1=O. The minimum absolute atomic E-state index is 0.102. The molecule has 6 nitrogen and oxygen atoms in total. The molecule has 1 rings (SSSR count). The zero-order valence-corrected chi connectivity index (χ0v) is 8.43. The van der Waals surface area contributed by atoms with E-state index in [-0.39, 0.29) is 19.6 Å². The highest BCUT2D eigenvalue weighted by molar-refractivity contribution is 6.05. The number of aliphatic hydroxyl groups excluding tert-OH is 2. The number of rotatable bonds is 4. The van der Waals surface area contributed by atoms with E-state index in [0.29, 0.717) is 0 Å². The second kappa shape index (κ2) is 4.69. The molecule has 0 spiro atoms. The maximum Gasteiger partial charge on any atom is 0.321 e. The smallest absolute Gasteiger partial charge is 0.321 e. The molecule has 1 fully saturated rings. The molecule has 1 aliphatic rings. The van der Waals surface area contributed by atoms with Gasteiger partial charge in [0.1, 0.15) is 6.61 Å². The average Bonchev–Trinajstić information content (AvgIpc) is 2.60. The Hall–Kier alpha value is -0.980. The van der Waals surface area contributed by atoms with Gasteiger partial charge in [-0.2, -0.15) is 0 Å². The summed E-state index contributed by atoms with van der Waals surface area (Å²) >= 11 is 0. The maximum atomic E-state index is 11.5. The molecule has 86 valence electrons. The van der Waals surface area contributed by atoms with Gasteiger partial charge in [0.15, 0.2) is 11.2 Å². The minimum Gasteiger partial charge on any atom is -0.468 e. The molecule has 1 aliphatic heterocycles. The van der Waals surface area contributed by atoms with E-state index < -0.39 is 29.9 Å². The molecule has 0 saturated carbocycles. The van der Waals surface area contributed by atoms with Crippen LogP contribution >= 0.6 is 0 Å². The molecule has 2 atom stereocenters. The van der Waals surface area contributed by atoms with E-state index in [4.69, 9.17) is 9.84 Å². The van der Waals surface area contributed by atoms with Crippen molar-refractivity contribution in [3.63, 3.8) is 0 Å². The zero-order chi connectivity index (χ0) is 11.5. The number of hydrogen-bond acceptors (Lipinski definition) is 6. The monoisotopic (exact) mass is 218 g/mol. The molecule has 2 unspecified atom stereocenters. The number of ketones is 1. The number of Topliss-reactive ketones (excluding diaryl/α,β-unsaturated/α-hetero) is 1. The van der Waals surface area contributed by atoms with Crippen LogP contribution in [0.5, 0.6) is 0 Å². The standard InChI is InChI=1S/C9H14O6/c1-14-8(13)9(2-6(11)3-10)5-15-4-7(9)12/h6,10-11H,2-5H2,1H3. The first-order valence-electron chi connectivity index (χ1n) is 4.55. The second-order valence-corrected chi connectivity index (χ2v) is 3.53. The van der Waals surface area contributed by atoms with Gasteiger partial charge in [-0.3, -0.25) is 9.59 Å². The molecule has 0 aliphatic carbocycles. The van der Waals surface area contributed by atoms with Crippen molar-refractivity contribution in [2.75, 3.05) is 26.9 Å². The van der Waals surface area contributed by atoms with Crippen LogP contribution in [0.4, 0.5) is 0 Å². The van der Waals surface area contributed by atoms with Crippen LogP contribution in [0.15, 0.2) is 0 Å². The van der Waals surface area contributed by atoms with Gasteiger partial charge in [0.2, 0.25) is 0 Å². The lowest BCUT2D eigenvalue weighted by atomic mass is 9.80. The highest BCUT2D eigenvalue weighted by atomic mass is 16.5. The maximum absolute atomic E-state index is 11.5. The van der Waals surface area contributed by atoms with Gasteiger partial charge in [-0.15, -0.1) is 0 Å². The molecule has 15 heavy (non-hydrogen) atoms. The Morgan fingerprint density at radius 2 is 2.40 bits per heavy atom. The summed E-state index contributed by atoms with van der Waals surface area (Å²) in [6, 6.07) is 0. The molecule has 0 bridgehead atoms. The number of aliphatic hydroxyl groups is 2. The summed E-state index contributed by atoms with van der Waals surface area (Å²) in [7, 11) is 1.17. The highest BCUT2D eigenvalue weighted by Gasteiger charge is 2.51. The Labute approximate surface area is 86.8 Å². The fourth-order valence-electron chi connectivity index (χ4n) is 1.63. The third-order valence-electron chi connectivity index (χ3n) is 2.49. The number of carbonyl (C=O) groups is 2. The first-order valence-corrected chi connectivity index (χ1v) is 4.55. The predicted octanol–water partition coefficient (Wildman–Crippen LogP) is -1.51. The first-order chi connectivity index (χ1) is 7.06. The van der Waals surface area contributed by atoms with Crippen LogP contribution in [-0.4, -0.2) is 55.0 Å². The van der Waals surface area contributed by atoms with Crippen LogP contribution in [0.25, 0.3) is 0 Å². The lowest BCUT2D eigenvalue weighted by Crippen LogP contribution is -2.43. The van der Waals surface area contributed by atoms with Gasteiger partial charge in [0, 0.05) is 6.42 Å². The first kappa shape index (κ1) is 12.1. The second-order valence-electron chi connectivity index (χ2n) is 3.53. The molecule has 1 saturated heterocycles. The van der Waals surface area contributed by atoms with Crippen molar-refractivity contribution < 1.29 is 29.3 Å². The van der Waals surface area contributed by atoms with Crippen molar-refractivity contribution in [3.8, 4) is 0 Å². The topological polar surface area (TPSA) is 93.1 Å². The number of esters is 1. The summed E-state index contributed by atoms with van der Waals surface area (Å²) in [6.07, 6.45) is -1.30. The number of hydrogen-bond donors (Lipinski definition) is 2. The minimum atomic E-state index is -1.45. The molecular formula is C9H14O6. The summed E-state index contributed by atoms with van der Waals surface area (Å²) in [5.41, 5.74) is -1.45. The van der Waals surface area contributed by atoms with Crippen LogP contribution in [0.2, 0.25) is 0 Å². The lowest BCUT2D eigenvalue weighted by Gasteiger charge is -2.24. The Morgan fingerprint density at radius 1 is 1.73 bits per heavy atom. The Kier molecular flexibility index (Phi) is 3.78. The van der Waals surface area contributed by atoms with Crippen LogP contribution in [0.1, 0.15) is 6.42 Å². The summed E-state index contributed by atoms with van der Waals surface area (Å²) in [5, 5.41) is 18.0. The Morgan fingerprint density at radius 3 is 2.80 bits per heavy atom. The van der Waals surface area contributed by atoms with Crippen LogP contribution in [0, 0.1) is 5.41 Å². The number of ether oxygens (including phenoxy) is 2. The largest absolute Gasteiger partial charge is 0.468 e. The Bertz CT molecular complexity index is 263. The van der Waals surface area contributed by atoms with E-state index >= 15 is 0 Å². The Balaban J connectivity index is 2.86. The van der Waals surface area contributed by atoms with Crippen molar-refractivity contribution >= 4 is 11.8 Å². The number of methoxy groups -OCH3 is 1. The van der Waals surface area contributed by atoms with Crippen LogP contribution in [0.3, 0.4) is 0 Å². The van der Waals surface area contributed by atoms with Gasteiger partial charge in [0.25, 0.3) is 0 Å². The normalized spacial score (nSPS) is 27.8. The van der Waals surface area contributed by atoms with Crippen LogP contribution < -0.4 is 0 Å². The van der Waals surface area contributed by atoms with Crippen molar-refractivity contribution in [2.24, 2.45) is 5.41 Å². The van der Waals surface area contributed by atoms with E-state index in [1.165, 1.54) is 7.11 Å².